The zero-order valence-corrected chi connectivity index (χ0v) is 14.7. The molecule has 0 radical (unpaired) electrons. The van der Waals surface area contributed by atoms with Gasteiger partial charge in [-0.05, 0) is 57.9 Å². The second-order valence-electron chi connectivity index (χ2n) is 6.24. The monoisotopic (exact) mass is 332 g/mol. The topological polar surface area (TPSA) is 59.0 Å². The van der Waals surface area contributed by atoms with Crippen LogP contribution in [0.5, 0.6) is 0 Å². The minimum absolute atomic E-state index is 0.00560. The molecule has 2 atom stereocenters. The van der Waals surface area contributed by atoms with Crippen LogP contribution in [0.3, 0.4) is 0 Å². The number of aryl methyl sites for hydroxylation is 2. The van der Waals surface area contributed by atoms with Gasteiger partial charge in [0.2, 0.25) is 0 Å². The van der Waals surface area contributed by atoms with Crippen molar-refractivity contribution in [2.24, 2.45) is 0 Å². The third-order valence-electron chi connectivity index (χ3n) is 4.38. The summed E-state index contributed by atoms with van der Waals surface area (Å²) in [6.45, 7) is 8.21. The predicted octanol–water partition coefficient (Wildman–Crippen LogP) is 2.98. The summed E-state index contributed by atoms with van der Waals surface area (Å²) in [5.74, 6) is -0.108. The van der Waals surface area contributed by atoms with Crippen molar-refractivity contribution in [1.82, 2.24) is 20.4 Å². The van der Waals surface area contributed by atoms with Crippen LogP contribution >= 0.6 is 11.3 Å². The first kappa shape index (κ1) is 16.2. The highest BCUT2D eigenvalue weighted by molar-refractivity contribution is 7.12. The van der Waals surface area contributed by atoms with Gasteiger partial charge < -0.3 is 10.6 Å². The first-order valence-corrected chi connectivity index (χ1v) is 9.00. The van der Waals surface area contributed by atoms with E-state index in [9.17, 15) is 4.79 Å². The lowest BCUT2D eigenvalue weighted by Crippen LogP contribution is -2.32. The van der Waals surface area contributed by atoms with Crippen LogP contribution in [0.2, 0.25) is 0 Å². The lowest BCUT2D eigenvalue weighted by molar-refractivity contribution is 0.0933. The van der Waals surface area contributed by atoms with Crippen molar-refractivity contribution in [2.75, 3.05) is 13.1 Å². The number of carbonyl (C=O) groups is 1. The average molecular weight is 332 g/mol. The number of aromatic nitrogens is 2. The minimum Gasteiger partial charge on any atom is -0.344 e. The summed E-state index contributed by atoms with van der Waals surface area (Å²) < 4.78 is 1.92. The molecule has 0 aliphatic carbocycles. The van der Waals surface area contributed by atoms with Crippen LogP contribution in [-0.4, -0.2) is 28.8 Å². The van der Waals surface area contributed by atoms with E-state index in [4.69, 9.17) is 0 Å². The van der Waals surface area contributed by atoms with Gasteiger partial charge in [0.05, 0.1) is 12.1 Å². The van der Waals surface area contributed by atoms with Crippen molar-refractivity contribution in [3.05, 3.63) is 39.3 Å². The Bertz CT molecular complexity index is 685. The SMILES string of the molecule is Cc1cc(C(C)NC(=O)c2ccn(C3CCCNC3)n2)c(C)s1. The Balaban J connectivity index is 1.66. The Labute approximate surface area is 141 Å². The van der Waals surface area contributed by atoms with Crippen LogP contribution in [0.15, 0.2) is 18.3 Å². The molecule has 2 unspecified atom stereocenters. The van der Waals surface area contributed by atoms with Gasteiger partial charge in [-0.3, -0.25) is 9.48 Å². The molecule has 3 heterocycles. The van der Waals surface area contributed by atoms with E-state index < -0.39 is 0 Å². The van der Waals surface area contributed by atoms with Crippen LogP contribution in [0.4, 0.5) is 0 Å². The van der Waals surface area contributed by atoms with Gasteiger partial charge in [-0.1, -0.05) is 0 Å². The summed E-state index contributed by atoms with van der Waals surface area (Å²) in [6, 6.07) is 4.30. The number of piperidine rings is 1. The number of hydrogen-bond donors (Lipinski definition) is 2. The Hall–Kier alpha value is -1.66. The van der Waals surface area contributed by atoms with Crippen molar-refractivity contribution >= 4 is 17.2 Å². The van der Waals surface area contributed by atoms with Crippen molar-refractivity contribution in [2.45, 2.75) is 45.7 Å². The number of nitrogens with one attached hydrogen (secondary N) is 2. The quantitative estimate of drug-likeness (QED) is 0.905. The van der Waals surface area contributed by atoms with Crippen molar-refractivity contribution < 1.29 is 4.79 Å². The fourth-order valence-electron chi connectivity index (χ4n) is 3.15. The number of thiophene rings is 1. The maximum Gasteiger partial charge on any atom is 0.272 e. The lowest BCUT2D eigenvalue weighted by atomic mass is 10.1. The summed E-state index contributed by atoms with van der Waals surface area (Å²) in [5, 5.41) is 10.9. The molecule has 1 amide bonds. The van der Waals surface area contributed by atoms with Gasteiger partial charge in [-0.25, -0.2) is 0 Å². The van der Waals surface area contributed by atoms with Crippen LogP contribution in [0.1, 0.15) is 57.7 Å². The van der Waals surface area contributed by atoms with Crippen molar-refractivity contribution in [1.29, 1.82) is 0 Å². The predicted molar refractivity (Wildman–Crippen MR) is 93.0 cm³/mol. The van der Waals surface area contributed by atoms with Gasteiger partial charge in [0.25, 0.3) is 5.91 Å². The first-order valence-electron chi connectivity index (χ1n) is 8.18. The van der Waals surface area contributed by atoms with E-state index in [0.29, 0.717) is 11.7 Å². The van der Waals surface area contributed by atoms with E-state index in [0.717, 1.165) is 25.9 Å². The zero-order chi connectivity index (χ0) is 16.4. The zero-order valence-electron chi connectivity index (χ0n) is 13.9. The van der Waals surface area contributed by atoms with Crippen LogP contribution < -0.4 is 10.6 Å². The minimum atomic E-state index is -0.108. The number of rotatable bonds is 4. The van der Waals surface area contributed by atoms with E-state index in [1.54, 1.807) is 11.3 Å². The Morgan fingerprint density at radius 3 is 3.00 bits per heavy atom. The van der Waals surface area contributed by atoms with Gasteiger partial charge in [0.15, 0.2) is 0 Å². The summed E-state index contributed by atoms with van der Waals surface area (Å²) in [5.41, 5.74) is 1.68. The van der Waals surface area contributed by atoms with Gasteiger partial charge in [0.1, 0.15) is 5.69 Å². The molecule has 2 N–H and O–H groups in total. The second kappa shape index (κ2) is 6.84. The normalized spacial score (nSPS) is 19.5. The van der Waals surface area contributed by atoms with Gasteiger partial charge >= 0.3 is 0 Å². The second-order valence-corrected chi connectivity index (χ2v) is 7.71. The molecule has 6 heteroatoms. The molecular weight excluding hydrogens is 308 g/mol. The molecule has 2 aromatic heterocycles. The summed E-state index contributed by atoms with van der Waals surface area (Å²) in [6.07, 6.45) is 4.18. The molecule has 3 rings (SSSR count). The Morgan fingerprint density at radius 2 is 2.35 bits per heavy atom. The summed E-state index contributed by atoms with van der Waals surface area (Å²) >= 11 is 1.77. The van der Waals surface area contributed by atoms with E-state index >= 15 is 0 Å². The maximum atomic E-state index is 12.4. The number of nitrogens with zero attached hydrogens (tertiary/aromatic N) is 2. The smallest absolute Gasteiger partial charge is 0.272 e. The molecule has 1 fully saturated rings. The molecule has 23 heavy (non-hydrogen) atoms. The first-order chi connectivity index (χ1) is 11.0. The maximum absolute atomic E-state index is 12.4. The number of hydrogen-bond acceptors (Lipinski definition) is 4. The Morgan fingerprint density at radius 1 is 1.52 bits per heavy atom. The van der Waals surface area contributed by atoms with Gasteiger partial charge in [-0.15, -0.1) is 11.3 Å². The molecule has 2 aromatic rings. The molecular formula is C17H24N4OS. The fraction of sp³-hybridized carbons (Fsp3) is 0.529. The number of amides is 1. The van der Waals surface area contributed by atoms with E-state index in [-0.39, 0.29) is 11.9 Å². The summed E-state index contributed by atoms with van der Waals surface area (Å²) in [4.78, 5) is 15.0. The molecule has 1 aliphatic heterocycles. The highest BCUT2D eigenvalue weighted by atomic mass is 32.1. The van der Waals surface area contributed by atoms with E-state index in [2.05, 4.69) is 35.6 Å². The van der Waals surface area contributed by atoms with E-state index in [1.165, 1.54) is 15.3 Å². The molecule has 0 bridgehead atoms. The molecule has 124 valence electrons. The third-order valence-corrected chi connectivity index (χ3v) is 5.36. The fourth-order valence-corrected chi connectivity index (χ4v) is 4.17. The van der Waals surface area contributed by atoms with Gasteiger partial charge in [-0.2, -0.15) is 5.10 Å². The number of carbonyl (C=O) groups excluding carboxylic acids is 1. The molecule has 0 saturated carbocycles. The third kappa shape index (κ3) is 3.64. The summed E-state index contributed by atoms with van der Waals surface area (Å²) in [7, 11) is 0. The molecule has 5 nitrogen and oxygen atoms in total. The molecule has 0 aromatic carbocycles. The van der Waals surface area contributed by atoms with Crippen molar-refractivity contribution in [3.63, 3.8) is 0 Å². The highest BCUT2D eigenvalue weighted by Gasteiger charge is 2.19. The van der Waals surface area contributed by atoms with Crippen molar-refractivity contribution in [3.8, 4) is 0 Å². The van der Waals surface area contributed by atoms with E-state index in [1.807, 2.05) is 23.9 Å². The highest BCUT2D eigenvalue weighted by Crippen LogP contribution is 2.26. The average Bonchev–Trinajstić information content (AvgIpc) is 3.15. The largest absolute Gasteiger partial charge is 0.344 e. The van der Waals surface area contributed by atoms with Gasteiger partial charge in [0, 0.05) is 22.5 Å². The van der Waals surface area contributed by atoms with Crippen LogP contribution in [-0.2, 0) is 0 Å². The lowest BCUT2D eigenvalue weighted by Gasteiger charge is -2.22. The standard InChI is InChI=1S/C17H24N4OS/c1-11-9-15(13(3)23-11)12(2)19-17(22)16-6-8-21(20-16)14-5-4-7-18-10-14/h6,8-9,12,14,18H,4-5,7,10H2,1-3H3,(H,19,22). The van der Waals surface area contributed by atoms with Crippen LogP contribution in [0, 0.1) is 13.8 Å². The van der Waals surface area contributed by atoms with Crippen LogP contribution in [0.25, 0.3) is 0 Å². The molecule has 1 saturated heterocycles. The molecule has 0 spiro atoms. The molecule has 1 aliphatic rings. The Kier molecular flexibility index (Phi) is 4.82.